The minimum Gasteiger partial charge on any atom is -0.495 e. The number of carbonyl (C=O) groups excluding carboxylic acids is 1. The van der Waals surface area contributed by atoms with Gasteiger partial charge in [0.15, 0.2) is 0 Å². The van der Waals surface area contributed by atoms with E-state index in [-0.39, 0.29) is 10.8 Å². The molecule has 34 heavy (non-hydrogen) atoms. The first kappa shape index (κ1) is 24.0. The van der Waals surface area contributed by atoms with Crippen LogP contribution >= 0.6 is 0 Å². The zero-order valence-electron chi connectivity index (χ0n) is 19.3. The topological polar surface area (TPSA) is 75.7 Å². The van der Waals surface area contributed by atoms with Gasteiger partial charge in [-0.2, -0.15) is 4.31 Å². The molecule has 4 rings (SSSR count). The average molecular weight is 479 g/mol. The highest BCUT2D eigenvalue weighted by Crippen LogP contribution is 2.32. The molecule has 1 N–H and O–H groups in total. The van der Waals surface area contributed by atoms with Gasteiger partial charge < -0.3 is 10.1 Å². The third kappa shape index (κ3) is 5.32. The Hall–Kier alpha value is -3.16. The fourth-order valence-electron chi connectivity index (χ4n) is 4.37. The fraction of sp³-hybridized carbons (Fsp3) is 0.296. The number of anilines is 1. The summed E-state index contributed by atoms with van der Waals surface area (Å²) in [5.41, 5.74) is 2.03. The van der Waals surface area contributed by atoms with Gasteiger partial charge in [0.1, 0.15) is 5.75 Å². The van der Waals surface area contributed by atoms with Crippen LogP contribution in [0.15, 0.2) is 83.8 Å². The van der Waals surface area contributed by atoms with Crippen molar-refractivity contribution in [2.45, 2.75) is 36.5 Å². The van der Waals surface area contributed by atoms with Gasteiger partial charge in [0.25, 0.3) is 0 Å². The van der Waals surface area contributed by atoms with Crippen LogP contribution in [0.25, 0.3) is 0 Å². The van der Waals surface area contributed by atoms with Crippen molar-refractivity contribution in [3.63, 3.8) is 0 Å². The molecule has 178 valence electrons. The van der Waals surface area contributed by atoms with Gasteiger partial charge in [0.2, 0.25) is 15.9 Å². The average Bonchev–Trinajstić information content (AvgIpc) is 3.16. The molecule has 6 nitrogen and oxygen atoms in total. The molecule has 1 aliphatic rings. The van der Waals surface area contributed by atoms with E-state index < -0.39 is 15.9 Å². The molecule has 3 aromatic rings. The largest absolute Gasteiger partial charge is 0.495 e. The van der Waals surface area contributed by atoms with Gasteiger partial charge in [-0.15, -0.1) is 0 Å². The number of nitrogens with one attached hydrogen (secondary N) is 1. The summed E-state index contributed by atoms with van der Waals surface area (Å²) in [4.78, 5) is 13.7. The van der Waals surface area contributed by atoms with Crippen LogP contribution in [0, 0.1) is 0 Å². The molecule has 7 heteroatoms. The molecule has 0 bridgehead atoms. The van der Waals surface area contributed by atoms with Crippen molar-refractivity contribution in [3.05, 3.63) is 90.0 Å². The Morgan fingerprint density at radius 1 is 0.853 bits per heavy atom. The van der Waals surface area contributed by atoms with Gasteiger partial charge >= 0.3 is 0 Å². The van der Waals surface area contributed by atoms with Crippen LogP contribution in [-0.4, -0.2) is 38.8 Å². The molecule has 0 unspecified atom stereocenters. The highest BCUT2D eigenvalue weighted by atomic mass is 32.2. The van der Waals surface area contributed by atoms with Gasteiger partial charge in [-0.3, -0.25) is 4.79 Å². The number of sulfonamides is 1. The van der Waals surface area contributed by atoms with E-state index in [0.717, 1.165) is 36.8 Å². The van der Waals surface area contributed by atoms with Crippen molar-refractivity contribution in [1.82, 2.24) is 4.31 Å². The van der Waals surface area contributed by atoms with Crippen LogP contribution in [0.1, 0.15) is 42.7 Å². The van der Waals surface area contributed by atoms with E-state index >= 15 is 0 Å². The van der Waals surface area contributed by atoms with Crippen LogP contribution in [0.4, 0.5) is 5.69 Å². The molecule has 0 saturated carbocycles. The van der Waals surface area contributed by atoms with E-state index in [1.165, 1.54) is 13.2 Å². The monoisotopic (exact) mass is 478 g/mol. The molecule has 0 radical (unpaired) electrons. The minimum absolute atomic E-state index is 0.154. The lowest BCUT2D eigenvalue weighted by Crippen LogP contribution is -2.32. The predicted octanol–water partition coefficient (Wildman–Crippen LogP) is 5.03. The summed E-state index contributed by atoms with van der Waals surface area (Å²) >= 11 is 0. The third-order valence-corrected chi connectivity index (χ3v) is 8.05. The number of rotatable bonds is 7. The second-order valence-corrected chi connectivity index (χ2v) is 10.4. The van der Waals surface area contributed by atoms with Crippen LogP contribution in [0.2, 0.25) is 0 Å². The molecule has 3 aromatic carbocycles. The van der Waals surface area contributed by atoms with Crippen molar-refractivity contribution >= 4 is 21.6 Å². The SMILES string of the molecule is COc1ccc(S(=O)(=O)N2CCCCCC2)cc1NC(=O)C(c1ccccc1)c1ccccc1. The second kappa shape index (κ2) is 10.8. The number of hydrogen-bond acceptors (Lipinski definition) is 4. The molecule has 1 aliphatic heterocycles. The number of hydrogen-bond donors (Lipinski definition) is 1. The van der Waals surface area contributed by atoms with E-state index in [4.69, 9.17) is 4.74 Å². The fourth-order valence-corrected chi connectivity index (χ4v) is 5.91. The standard InChI is InChI=1S/C27H30N2O4S/c1-33-25-17-16-23(34(31,32)29-18-10-2-3-11-19-29)20-24(25)28-27(30)26(21-12-6-4-7-13-21)22-14-8-5-9-15-22/h4-9,12-17,20,26H,2-3,10-11,18-19H2,1H3,(H,28,30). The Bertz CT molecular complexity index is 1170. The zero-order valence-corrected chi connectivity index (χ0v) is 20.1. The smallest absolute Gasteiger partial charge is 0.243 e. The number of methoxy groups -OCH3 is 1. The molecule has 1 fully saturated rings. The quantitative estimate of drug-likeness (QED) is 0.517. The number of benzene rings is 3. The Labute approximate surface area is 201 Å². The molecule has 1 saturated heterocycles. The van der Waals surface area contributed by atoms with Crippen LogP contribution in [0.5, 0.6) is 5.75 Å². The Balaban J connectivity index is 1.67. The Kier molecular flexibility index (Phi) is 7.65. The zero-order chi connectivity index (χ0) is 24.0. The Morgan fingerprint density at radius 2 is 1.41 bits per heavy atom. The summed E-state index contributed by atoms with van der Waals surface area (Å²) in [6.07, 6.45) is 3.79. The number of amides is 1. The van der Waals surface area contributed by atoms with Crippen LogP contribution < -0.4 is 10.1 Å². The maximum absolute atomic E-state index is 13.6. The molecule has 0 atom stereocenters. The van der Waals surface area contributed by atoms with Crippen molar-refractivity contribution in [2.75, 3.05) is 25.5 Å². The Morgan fingerprint density at radius 3 is 1.94 bits per heavy atom. The van der Waals surface area contributed by atoms with Crippen molar-refractivity contribution in [2.24, 2.45) is 0 Å². The molecule has 0 spiro atoms. The molecule has 1 amide bonds. The van der Waals surface area contributed by atoms with Crippen LogP contribution in [0.3, 0.4) is 0 Å². The molecular weight excluding hydrogens is 448 g/mol. The number of carbonyl (C=O) groups is 1. The maximum Gasteiger partial charge on any atom is 0.243 e. The maximum atomic E-state index is 13.6. The summed E-state index contributed by atoms with van der Waals surface area (Å²) < 4.78 is 33.6. The van der Waals surface area contributed by atoms with Gasteiger partial charge in [0.05, 0.1) is 23.6 Å². The number of ether oxygens (including phenoxy) is 1. The normalized spacial score (nSPS) is 15.0. The summed E-state index contributed by atoms with van der Waals surface area (Å²) in [6, 6.07) is 23.7. The summed E-state index contributed by atoms with van der Waals surface area (Å²) in [7, 11) is -2.17. The first-order valence-electron chi connectivity index (χ1n) is 11.6. The molecule has 0 aromatic heterocycles. The van der Waals surface area contributed by atoms with E-state index in [1.54, 1.807) is 16.4 Å². The first-order chi connectivity index (χ1) is 16.5. The van der Waals surface area contributed by atoms with Crippen LogP contribution in [-0.2, 0) is 14.8 Å². The highest BCUT2D eigenvalue weighted by molar-refractivity contribution is 7.89. The van der Waals surface area contributed by atoms with Gasteiger partial charge in [-0.1, -0.05) is 73.5 Å². The van der Waals surface area contributed by atoms with E-state index in [9.17, 15) is 13.2 Å². The number of nitrogens with zero attached hydrogens (tertiary/aromatic N) is 1. The van der Waals surface area contributed by atoms with Gasteiger partial charge in [-0.25, -0.2) is 8.42 Å². The van der Waals surface area contributed by atoms with E-state index in [1.807, 2.05) is 60.7 Å². The van der Waals surface area contributed by atoms with Gasteiger partial charge in [-0.05, 0) is 42.2 Å². The summed E-state index contributed by atoms with van der Waals surface area (Å²) in [6.45, 7) is 1.03. The van der Waals surface area contributed by atoms with Crippen molar-refractivity contribution < 1.29 is 17.9 Å². The van der Waals surface area contributed by atoms with E-state index in [0.29, 0.717) is 24.5 Å². The first-order valence-corrected chi connectivity index (χ1v) is 13.0. The molecule has 0 aliphatic carbocycles. The minimum atomic E-state index is -3.67. The van der Waals surface area contributed by atoms with E-state index in [2.05, 4.69) is 5.32 Å². The van der Waals surface area contributed by atoms with Crippen molar-refractivity contribution in [1.29, 1.82) is 0 Å². The third-order valence-electron chi connectivity index (χ3n) is 6.16. The van der Waals surface area contributed by atoms with Gasteiger partial charge in [0, 0.05) is 13.1 Å². The predicted molar refractivity (Wildman–Crippen MR) is 134 cm³/mol. The highest BCUT2D eigenvalue weighted by Gasteiger charge is 2.28. The van der Waals surface area contributed by atoms with Crippen molar-refractivity contribution in [3.8, 4) is 5.75 Å². The lowest BCUT2D eigenvalue weighted by Gasteiger charge is -2.22. The molecule has 1 heterocycles. The lowest BCUT2D eigenvalue weighted by molar-refractivity contribution is -0.116. The lowest BCUT2D eigenvalue weighted by atomic mass is 9.90. The second-order valence-electron chi connectivity index (χ2n) is 8.42. The summed E-state index contributed by atoms with van der Waals surface area (Å²) in [5, 5.41) is 2.94. The summed E-state index contributed by atoms with van der Waals surface area (Å²) in [5.74, 6) is -0.416. The molecular formula is C27H30N2O4S.